The lowest BCUT2D eigenvalue weighted by atomic mass is 9.77. The lowest BCUT2D eigenvalue weighted by Gasteiger charge is -2.44. The molecule has 3 saturated heterocycles. The van der Waals surface area contributed by atoms with E-state index in [9.17, 15) is 9.59 Å². The van der Waals surface area contributed by atoms with E-state index in [-0.39, 0.29) is 35.9 Å². The highest BCUT2D eigenvalue weighted by Gasteiger charge is 2.67. The van der Waals surface area contributed by atoms with Crippen LogP contribution in [0.5, 0.6) is 0 Å². The lowest BCUT2D eigenvalue weighted by Crippen LogP contribution is -2.50. The molecule has 5 heterocycles. The number of nitrogens with zero attached hydrogens (tertiary/aromatic N) is 2. The van der Waals surface area contributed by atoms with E-state index in [1.165, 1.54) is 0 Å². The van der Waals surface area contributed by atoms with Crippen LogP contribution in [0.3, 0.4) is 0 Å². The standard InChI is InChI=1S/C24H22N2O3/c27-21-6-3-11-25(21)19-13-20-24-10-9-15(29-24)12-18(24)23(28)26(20)22-16-5-2-1-4-14(16)7-8-17(19)22/h1-2,4-5,7-10,15,18-20H,3,6,11-13H2/t15-,18+,19+,20+,24+/m1/s1. The molecule has 0 unspecified atom stereocenters. The maximum absolute atomic E-state index is 13.6. The molecule has 29 heavy (non-hydrogen) atoms. The van der Waals surface area contributed by atoms with E-state index >= 15 is 0 Å². The van der Waals surface area contributed by atoms with Crippen LogP contribution in [-0.2, 0) is 14.3 Å². The molecule has 2 amide bonds. The molecule has 0 N–H and O–H groups in total. The fraction of sp³-hybridized carbons (Fsp3) is 0.417. The first-order chi connectivity index (χ1) is 14.2. The number of hydrogen-bond acceptors (Lipinski definition) is 3. The van der Waals surface area contributed by atoms with Gasteiger partial charge in [-0.05, 0) is 30.2 Å². The summed E-state index contributed by atoms with van der Waals surface area (Å²) in [6, 6.07) is 12.5. The highest BCUT2D eigenvalue weighted by Crippen LogP contribution is 2.59. The van der Waals surface area contributed by atoms with Crippen molar-refractivity contribution in [2.45, 2.75) is 49.5 Å². The summed E-state index contributed by atoms with van der Waals surface area (Å²) in [4.78, 5) is 30.4. The first kappa shape index (κ1) is 16.2. The Morgan fingerprint density at radius 2 is 1.97 bits per heavy atom. The number of hydrogen-bond donors (Lipinski definition) is 0. The Labute approximate surface area is 168 Å². The van der Waals surface area contributed by atoms with Crippen LogP contribution in [-0.4, -0.2) is 41.0 Å². The van der Waals surface area contributed by atoms with Crippen LogP contribution in [0.2, 0.25) is 0 Å². The van der Waals surface area contributed by atoms with Crippen molar-refractivity contribution < 1.29 is 14.3 Å². The molecule has 5 aliphatic rings. The summed E-state index contributed by atoms with van der Waals surface area (Å²) in [5, 5.41) is 2.22. The van der Waals surface area contributed by atoms with Gasteiger partial charge < -0.3 is 14.5 Å². The Kier molecular flexibility index (Phi) is 2.94. The number of ether oxygens (including phenoxy) is 1. The molecular formula is C24H22N2O3. The van der Waals surface area contributed by atoms with Crippen molar-refractivity contribution in [3.63, 3.8) is 0 Å². The molecule has 0 saturated carbocycles. The monoisotopic (exact) mass is 386 g/mol. The zero-order valence-electron chi connectivity index (χ0n) is 16.1. The molecule has 5 aliphatic heterocycles. The Hall–Kier alpha value is -2.66. The summed E-state index contributed by atoms with van der Waals surface area (Å²) in [7, 11) is 0. The number of amides is 2. The average Bonchev–Trinajstić information content (AvgIpc) is 3.50. The Morgan fingerprint density at radius 1 is 1.07 bits per heavy atom. The number of likely N-dealkylation sites (tertiary alicyclic amines) is 1. The fourth-order valence-corrected chi connectivity index (χ4v) is 6.58. The summed E-state index contributed by atoms with van der Waals surface area (Å²) in [5.41, 5.74) is 1.58. The fourth-order valence-electron chi connectivity index (χ4n) is 6.58. The van der Waals surface area contributed by atoms with E-state index in [1.54, 1.807) is 0 Å². The van der Waals surface area contributed by atoms with E-state index in [1.807, 2.05) is 21.9 Å². The zero-order chi connectivity index (χ0) is 19.3. The Morgan fingerprint density at radius 3 is 2.79 bits per heavy atom. The third-order valence-electron chi connectivity index (χ3n) is 7.77. The van der Waals surface area contributed by atoms with Crippen molar-refractivity contribution in [3.05, 3.63) is 54.1 Å². The van der Waals surface area contributed by atoms with Gasteiger partial charge >= 0.3 is 0 Å². The summed E-state index contributed by atoms with van der Waals surface area (Å²) in [6.07, 6.45) is 7.39. The minimum Gasteiger partial charge on any atom is -0.361 e. The molecule has 5 heteroatoms. The van der Waals surface area contributed by atoms with E-state index in [0.29, 0.717) is 6.42 Å². The number of carbonyl (C=O) groups excluding carboxylic acids is 2. The number of anilines is 1. The van der Waals surface area contributed by atoms with Crippen LogP contribution in [0.4, 0.5) is 5.69 Å². The zero-order valence-corrected chi connectivity index (χ0v) is 16.1. The van der Waals surface area contributed by atoms with Crippen LogP contribution in [0.25, 0.3) is 10.8 Å². The van der Waals surface area contributed by atoms with Gasteiger partial charge in [0.2, 0.25) is 11.8 Å². The normalized spacial score (nSPS) is 36.8. The van der Waals surface area contributed by atoms with Gasteiger partial charge in [-0.1, -0.05) is 48.6 Å². The van der Waals surface area contributed by atoms with Crippen LogP contribution in [0.1, 0.15) is 37.3 Å². The van der Waals surface area contributed by atoms with Crippen LogP contribution < -0.4 is 4.90 Å². The first-order valence-corrected chi connectivity index (χ1v) is 10.7. The molecular weight excluding hydrogens is 364 g/mol. The van der Waals surface area contributed by atoms with Gasteiger partial charge in [-0.25, -0.2) is 0 Å². The third kappa shape index (κ3) is 1.85. The molecule has 2 aromatic rings. The minimum absolute atomic E-state index is 0.00318. The third-order valence-corrected chi connectivity index (χ3v) is 7.77. The molecule has 146 valence electrons. The second-order valence-corrected chi connectivity index (χ2v) is 9.05. The summed E-state index contributed by atoms with van der Waals surface area (Å²) < 4.78 is 6.41. The van der Waals surface area contributed by atoms with Crippen molar-refractivity contribution in [2.75, 3.05) is 11.4 Å². The minimum atomic E-state index is -0.530. The summed E-state index contributed by atoms with van der Waals surface area (Å²) in [5.74, 6) is 0.307. The van der Waals surface area contributed by atoms with Crippen LogP contribution >= 0.6 is 0 Å². The maximum atomic E-state index is 13.6. The molecule has 3 fully saturated rings. The number of benzene rings is 2. The van der Waals surface area contributed by atoms with Gasteiger partial charge in [0.1, 0.15) is 5.60 Å². The van der Waals surface area contributed by atoms with Crippen molar-refractivity contribution in [2.24, 2.45) is 5.92 Å². The van der Waals surface area contributed by atoms with E-state index < -0.39 is 5.60 Å². The first-order valence-electron chi connectivity index (χ1n) is 10.7. The summed E-state index contributed by atoms with van der Waals surface area (Å²) >= 11 is 0. The van der Waals surface area contributed by atoms with Gasteiger partial charge in [0.25, 0.3) is 0 Å². The largest absolute Gasteiger partial charge is 0.361 e. The van der Waals surface area contributed by atoms with Gasteiger partial charge in [-0.3, -0.25) is 9.59 Å². The van der Waals surface area contributed by atoms with Crippen molar-refractivity contribution in [3.8, 4) is 0 Å². The molecule has 0 aromatic heterocycles. The van der Waals surface area contributed by atoms with Gasteiger partial charge in [-0.15, -0.1) is 0 Å². The molecule has 7 rings (SSSR count). The SMILES string of the molecule is O=C1CCCN1[C@H]1C[C@@H]2N(C(=O)[C@@H]3C[C@H]4C=C[C@@]23O4)c2c1ccc1ccccc21. The van der Waals surface area contributed by atoms with Crippen LogP contribution in [0, 0.1) is 5.92 Å². The molecule has 5 nitrogen and oxygen atoms in total. The smallest absolute Gasteiger partial charge is 0.233 e. The quantitative estimate of drug-likeness (QED) is 0.707. The molecule has 0 aliphatic carbocycles. The molecule has 1 spiro atoms. The van der Waals surface area contributed by atoms with Crippen molar-refractivity contribution in [1.29, 1.82) is 0 Å². The number of carbonyl (C=O) groups is 2. The second kappa shape index (κ2) is 5.28. The topological polar surface area (TPSA) is 49.9 Å². The predicted octanol–water partition coefficient (Wildman–Crippen LogP) is 3.34. The average molecular weight is 386 g/mol. The van der Waals surface area contributed by atoms with Crippen molar-refractivity contribution >= 4 is 28.3 Å². The van der Waals surface area contributed by atoms with Crippen molar-refractivity contribution in [1.82, 2.24) is 4.90 Å². The van der Waals surface area contributed by atoms with E-state index in [2.05, 4.69) is 36.4 Å². The lowest BCUT2D eigenvalue weighted by molar-refractivity contribution is -0.130. The number of rotatable bonds is 1. The van der Waals surface area contributed by atoms with Gasteiger partial charge in [-0.2, -0.15) is 0 Å². The van der Waals surface area contributed by atoms with Gasteiger partial charge in [0.05, 0.1) is 29.8 Å². The van der Waals surface area contributed by atoms with E-state index in [4.69, 9.17) is 4.74 Å². The highest BCUT2D eigenvalue weighted by atomic mass is 16.5. The van der Waals surface area contributed by atoms with Gasteiger partial charge in [0.15, 0.2) is 0 Å². The van der Waals surface area contributed by atoms with Crippen LogP contribution in [0.15, 0.2) is 48.6 Å². The highest BCUT2D eigenvalue weighted by molar-refractivity contribution is 6.09. The second-order valence-electron chi connectivity index (χ2n) is 9.05. The Bertz CT molecular complexity index is 1120. The number of fused-ring (bicyclic) bond motifs is 6. The molecule has 5 atom stereocenters. The van der Waals surface area contributed by atoms with E-state index in [0.717, 1.165) is 47.8 Å². The maximum Gasteiger partial charge on any atom is 0.233 e. The summed E-state index contributed by atoms with van der Waals surface area (Å²) in [6.45, 7) is 0.798. The molecule has 0 radical (unpaired) electrons. The predicted molar refractivity (Wildman–Crippen MR) is 108 cm³/mol. The Balaban J connectivity index is 1.49. The molecule has 2 aromatic carbocycles. The van der Waals surface area contributed by atoms with Gasteiger partial charge in [0, 0.05) is 18.4 Å². The molecule has 2 bridgehead atoms.